The summed E-state index contributed by atoms with van der Waals surface area (Å²) in [6.45, 7) is 0. The van der Waals surface area contributed by atoms with E-state index in [2.05, 4.69) is 0 Å². The van der Waals surface area contributed by atoms with Crippen molar-refractivity contribution in [2.24, 2.45) is 0 Å². The van der Waals surface area contributed by atoms with Gasteiger partial charge in [-0.05, 0) is 0 Å². The molecule has 3 nitrogen and oxygen atoms in total. The molecule has 0 aliphatic carbocycles. The molecule has 0 aliphatic heterocycles. The first-order chi connectivity index (χ1) is 1.73. The molecule has 0 spiro atoms. The zero-order valence-corrected chi connectivity index (χ0v) is 8.04. The zero-order chi connectivity index (χ0) is 3.58. The molecular weight excluding hydrogens is 112 g/mol. The van der Waals surface area contributed by atoms with Crippen molar-refractivity contribution in [3.8, 4) is 0 Å². The summed E-state index contributed by atoms with van der Waals surface area (Å²) in [6, 6.07) is 0. The van der Waals surface area contributed by atoms with Crippen molar-refractivity contribution in [3.05, 3.63) is 0 Å². The zero-order valence-electron chi connectivity index (χ0n) is 7.92. The molecule has 0 bridgehead atoms. The fourth-order valence-corrected chi connectivity index (χ4v) is 0. The Balaban J connectivity index is -0.00000000300. The molecule has 0 rings (SSSR count). The summed E-state index contributed by atoms with van der Waals surface area (Å²) >= 11 is 0. The van der Waals surface area contributed by atoms with Crippen molar-refractivity contribution in [1.82, 2.24) is 0 Å². The van der Waals surface area contributed by atoms with E-state index in [1.54, 1.807) is 0 Å². The quantitative estimate of drug-likeness (QED) is 0.277. The third-order valence-corrected chi connectivity index (χ3v) is 0. The first-order valence-corrected chi connectivity index (χ1v) is 0.775. The van der Waals surface area contributed by atoms with Gasteiger partial charge in [-0.1, -0.05) is 0 Å². The van der Waals surface area contributed by atoms with E-state index in [-0.39, 0.29) is 93.4 Å². The molecule has 0 saturated carbocycles. The van der Waals surface area contributed by atoms with Crippen molar-refractivity contribution >= 4 is 7.32 Å². The molecule has 0 aromatic rings. The van der Waals surface area contributed by atoms with Crippen molar-refractivity contribution in [3.63, 3.8) is 0 Å². The Morgan fingerprint density at radius 2 is 1.00 bits per heavy atom. The second-order valence-corrected chi connectivity index (χ2v) is 0.346. The van der Waals surface area contributed by atoms with E-state index in [9.17, 15) is 0 Å². The maximum atomic E-state index is 7.17. The van der Waals surface area contributed by atoms with Gasteiger partial charge >= 0.3 is 96.4 Å². The van der Waals surface area contributed by atoms with E-state index < -0.39 is 7.32 Å². The molecule has 0 unspecified atom stereocenters. The van der Waals surface area contributed by atoms with E-state index in [0.717, 1.165) is 0 Å². The van der Waals surface area contributed by atoms with Crippen LogP contribution in [0.15, 0.2) is 0 Å². The molecule has 0 heterocycles. The standard InChI is InChI=1S/BH3O3.K.2Li.3H/c2-1(3)4;;;;;;/h2-4H;;;;;;/q;3*+1;3*-1. The van der Waals surface area contributed by atoms with Crippen molar-refractivity contribution in [1.29, 1.82) is 0 Å². The maximum Gasteiger partial charge on any atom is 1.00 e. The Kier molecular flexibility index (Phi) is 51.3. The third kappa shape index (κ3) is 52.3. The van der Waals surface area contributed by atoms with Gasteiger partial charge in [-0.15, -0.1) is 0 Å². The summed E-state index contributed by atoms with van der Waals surface area (Å²) < 4.78 is 0. The number of hydrogen-bond acceptors (Lipinski definition) is 3. The summed E-state index contributed by atoms with van der Waals surface area (Å²) in [6.07, 6.45) is 0. The largest absolute Gasteiger partial charge is 1.00 e. The average molecular weight is 118 g/mol. The molecule has 0 fully saturated rings. The first-order valence-electron chi connectivity index (χ1n) is 0.775. The van der Waals surface area contributed by atoms with Gasteiger partial charge < -0.3 is 19.4 Å². The van der Waals surface area contributed by atoms with Gasteiger partial charge in [0.05, 0.1) is 0 Å². The van der Waals surface area contributed by atoms with Crippen LogP contribution in [0.5, 0.6) is 0 Å². The van der Waals surface area contributed by atoms with E-state index in [1.165, 1.54) is 0 Å². The van der Waals surface area contributed by atoms with Gasteiger partial charge in [-0.25, -0.2) is 0 Å². The normalized spacial score (nSPS) is 3.86. The van der Waals surface area contributed by atoms with E-state index in [1.807, 2.05) is 0 Å². The smallest absolute Gasteiger partial charge is 1.00 e. The molecule has 0 aromatic heterocycles. The van der Waals surface area contributed by atoms with Gasteiger partial charge in [0.15, 0.2) is 0 Å². The van der Waals surface area contributed by atoms with Crippen LogP contribution in [0.4, 0.5) is 0 Å². The minimum atomic E-state index is -2.17. The number of hydrogen-bond donors (Lipinski definition) is 3. The average Bonchev–Trinajstić information content (AvgIpc) is 0.811. The molecule has 30 valence electrons. The van der Waals surface area contributed by atoms with E-state index in [0.29, 0.717) is 0 Å². The van der Waals surface area contributed by atoms with Crippen LogP contribution >= 0.6 is 0 Å². The van der Waals surface area contributed by atoms with Crippen LogP contribution < -0.4 is 89.1 Å². The van der Waals surface area contributed by atoms with Gasteiger partial charge in [0, 0.05) is 0 Å². The Bertz CT molecular complexity index is 26.5. The Hall–Kier alpha value is 2.78. The minimum absolute atomic E-state index is 0. The van der Waals surface area contributed by atoms with Crippen LogP contribution in [0.3, 0.4) is 0 Å². The number of rotatable bonds is 0. The fraction of sp³-hybridized carbons (Fsp3) is 0. The molecule has 0 atom stereocenters. The van der Waals surface area contributed by atoms with Crippen LogP contribution in [-0.2, 0) is 0 Å². The Morgan fingerprint density at radius 1 is 1.00 bits per heavy atom. The van der Waals surface area contributed by atoms with Crippen LogP contribution in [0.1, 0.15) is 4.28 Å². The minimum Gasteiger partial charge on any atom is -1.00 e. The summed E-state index contributed by atoms with van der Waals surface area (Å²) in [5.41, 5.74) is 0. The summed E-state index contributed by atoms with van der Waals surface area (Å²) in [5, 5.41) is 21.5. The predicted molar refractivity (Wildman–Crippen MR) is 15.7 cm³/mol. The van der Waals surface area contributed by atoms with Crippen LogP contribution in [0.25, 0.3) is 0 Å². The maximum absolute atomic E-state index is 7.17. The molecule has 0 aliphatic rings. The molecule has 0 amide bonds. The monoisotopic (exact) mass is 118 g/mol. The van der Waals surface area contributed by atoms with Gasteiger partial charge in [0.1, 0.15) is 0 Å². The topological polar surface area (TPSA) is 60.7 Å². The molecule has 7 heavy (non-hydrogen) atoms. The Morgan fingerprint density at radius 3 is 1.00 bits per heavy atom. The van der Waals surface area contributed by atoms with Crippen molar-refractivity contribution in [2.75, 3.05) is 0 Å². The van der Waals surface area contributed by atoms with Crippen molar-refractivity contribution in [2.45, 2.75) is 0 Å². The molecule has 0 aromatic carbocycles. The predicted octanol–water partition coefficient (Wildman–Crippen LogP) is -10.7. The van der Waals surface area contributed by atoms with Crippen LogP contribution in [0.2, 0.25) is 0 Å². The third-order valence-electron chi connectivity index (χ3n) is 0. The van der Waals surface area contributed by atoms with Gasteiger partial charge in [0.25, 0.3) is 0 Å². The summed E-state index contributed by atoms with van der Waals surface area (Å²) in [5.74, 6) is 0. The second kappa shape index (κ2) is 15.9. The van der Waals surface area contributed by atoms with Gasteiger partial charge in [0.2, 0.25) is 0 Å². The summed E-state index contributed by atoms with van der Waals surface area (Å²) in [4.78, 5) is 0. The van der Waals surface area contributed by atoms with E-state index in [4.69, 9.17) is 15.1 Å². The molecule has 0 radical (unpaired) electrons. The SMILES string of the molecule is OB(O)O.[H-].[H-].[H-].[K+].[Li+].[Li+]. The molecule has 7 heteroatoms. The fourth-order valence-electron chi connectivity index (χ4n) is 0. The van der Waals surface area contributed by atoms with Gasteiger partial charge in [-0.3, -0.25) is 0 Å². The Labute approximate surface area is 114 Å². The van der Waals surface area contributed by atoms with E-state index >= 15 is 0 Å². The van der Waals surface area contributed by atoms with Gasteiger partial charge in [-0.2, -0.15) is 0 Å². The molecule has 3 N–H and O–H groups in total. The van der Waals surface area contributed by atoms with Crippen molar-refractivity contribution < 1.29 is 108 Å². The molecule has 0 saturated heterocycles. The van der Waals surface area contributed by atoms with Crippen LogP contribution in [-0.4, -0.2) is 22.4 Å². The summed E-state index contributed by atoms with van der Waals surface area (Å²) in [7, 11) is -2.17. The second-order valence-electron chi connectivity index (χ2n) is 0.346. The first kappa shape index (κ1) is 22.6. The van der Waals surface area contributed by atoms with Crippen LogP contribution in [0, 0.1) is 0 Å². The molecular formula is H6BKLi2O3.